The number of carbonyl (C=O) groups is 2. The van der Waals surface area contributed by atoms with Gasteiger partial charge in [-0.3, -0.25) is 14.7 Å². The Balaban J connectivity index is 1.56. The Hall–Kier alpha value is -3.68. The quantitative estimate of drug-likeness (QED) is 0.492. The van der Waals surface area contributed by atoms with E-state index in [4.69, 9.17) is 4.74 Å². The molecule has 0 saturated carbocycles. The monoisotopic (exact) mass is 421 g/mol. The minimum absolute atomic E-state index is 0.0655. The average molecular weight is 422 g/mol. The molecule has 1 aromatic heterocycles. The van der Waals surface area contributed by atoms with Gasteiger partial charge in [-0.25, -0.2) is 4.98 Å². The van der Waals surface area contributed by atoms with Gasteiger partial charge in [0.2, 0.25) is 11.8 Å². The van der Waals surface area contributed by atoms with Crippen LogP contribution in [0, 0.1) is 5.92 Å². The summed E-state index contributed by atoms with van der Waals surface area (Å²) in [6.45, 7) is 3.96. The van der Waals surface area contributed by atoms with E-state index in [2.05, 4.69) is 25.8 Å². The number of nitrogens with zero attached hydrogens (tertiary/aromatic N) is 2. The molecular weight excluding hydrogens is 394 g/mol. The normalized spacial score (nSPS) is 11.7. The Morgan fingerprint density at radius 1 is 1.06 bits per heavy atom. The number of ether oxygens (including phenoxy) is 1. The Morgan fingerprint density at radius 2 is 1.77 bits per heavy atom. The van der Waals surface area contributed by atoms with Crippen LogP contribution in [0.15, 0.2) is 54.6 Å². The fourth-order valence-corrected chi connectivity index (χ4v) is 3.07. The summed E-state index contributed by atoms with van der Waals surface area (Å²) in [5, 5.41) is 12.7. The molecule has 1 atom stereocenters. The molecule has 0 fully saturated rings. The minimum atomic E-state index is -0.639. The van der Waals surface area contributed by atoms with E-state index in [1.54, 1.807) is 7.11 Å². The van der Waals surface area contributed by atoms with E-state index in [1.165, 1.54) is 0 Å². The number of methoxy groups -OCH3 is 1. The first-order valence-corrected chi connectivity index (χ1v) is 10.1. The number of hydrogen-bond donors (Lipinski definition) is 3. The highest BCUT2D eigenvalue weighted by molar-refractivity contribution is 5.88. The third-order valence-electron chi connectivity index (χ3n) is 4.78. The minimum Gasteiger partial charge on any atom is -0.497 e. The summed E-state index contributed by atoms with van der Waals surface area (Å²) in [6.07, 6.45) is 0.227. The molecule has 3 rings (SSSR count). The molecule has 0 radical (unpaired) electrons. The number of amides is 2. The summed E-state index contributed by atoms with van der Waals surface area (Å²) < 4.78 is 5.15. The zero-order valence-electron chi connectivity index (χ0n) is 17.9. The number of nitrogens with one attached hydrogen (secondary N) is 3. The number of aromatic amines is 1. The van der Waals surface area contributed by atoms with Gasteiger partial charge in [0.25, 0.3) is 0 Å². The summed E-state index contributed by atoms with van der Waals surface area (Å²) in [5.41, 5.74) is 1.73. The van der Waals surface area contributed by atoms with Gasteiger partial charge in [-0.15, -0.1) is 0 Å². The Labute approximate surface area is 181 Å². The highest BCUT2D eigenvalue weighted by atomic mass is 16.5. The number of benzene rings is 2. The maximum absolute atomic E-state index is 12.7. The lowest BCUT2D eigenvalue weighted by molar-refractivity contribution is -0.129. The van der Waals surface area contributed by atoms with Crippen LogP contribution in [0.2, 0.25) is 0 Å². The van der Waals surface area contributed by atoms with Gasteiger partial charge in [0.1, 0.15) is 17.6 Å². The van der Waals surface area contributed by atoms with Crippen LogP contribution in [0.25, 0.3) is 11.4 Å². The largest absolute Gasteiger partial charge is 0.497 e. The fourth-order valence-electron chi connectivity index (χ4n) is 3.07. The summed E-state index contributed by atoms with van der Waals surface area (Å²) in [6, 6.07) is 16.2. The molecule has 2 amide bonds. The van der Waals surface area contributed by atoms with Crippen LogP contribution < -0.4 is 15.4 Å². The fraction of sp³-hybridized carbons (Fsp3) is 0.304. The molecule has 3 N–H and O–H groups in total. The van der Waals surface area contributed by atoms with Crippen molar-refractivity contribution in [2.45, 2.75) is 32.9 Å². The summed E-state index contributed by atoms with van der Waals surface area (Å²) in [5.74, 6) is 1.28. The molecular formula is C23H27N5O3. The standard InChI is InChI=1S/C23H27N5O3/c1-15(2)21(26-20(29)13-16-7-5-4-6-8-16)23(30)24-14-19-25-22(28-27-19)17-9-11-18(31-3)12-10-17/h4-12,15,21H,13-14H2,1-3H3,(H,24,30)(H,26,29)(H,25,27,28). The Bertz CT molecular complexity index is 1000. The van der Waals surface area contributed by atoms with E-state index in [-0.39, 0.29) is 30.7 Å². The van der Waals surface area contributed by atoms with Crippen molar-refractivity contribution >= 4 is 11.8 Å². The molecule has 8 heteroatoms. The van der Waals surface area contributed by atoms with Crippen molar-refractivity contribution in [3.05, 3.63) is 66.0 Å². The maximum atomic E-state index is 12.7. The van der Waals surface area contributed by atoms with Gasteiger partial charge in [-0.1, -0.05) is 44.2 Å². The van der Waals surface area contributed by atoms with Crippen LogP contribution >= 0.6 is 0 Å². The van der Waals surface area contributed by atoms with E-state index in [0.29, 0.717) is 11.6 Å². The summed E-state index contributed by atoms with van der Waals surface area (Å²) >= 11 is 0. The van der Waals surface area contributed by atoms with E-state index in [9.17, 15) is 9.59 Å². The maximum Gasteiger partial charge on any atom is 0.243 e. The number of rotatable bonds is 9. The number of aromatic nitrogens is 3. The third-order valence-corrected chi connectivity index (χ3v) is 4.78. The van der Waals surface area contributed by atoms with Gasteiger partial charge in [-0.2, -0.15) is 5.10 Å². The highest BCUT2D eigenvalue weighted by Gasteiger charge is 2.24. The van der Waals surface area contributed by atoms with Crippen molar-refractivity contribution in [2.75, 3.05) is 7.11 Å². The molecule has 8 nitrogen and oxygen atoms in total. The van der Waals surface area contributed by atoms with Crippen LogP contribution in [0.3, 0.4) is 0 Å². The van der Waals surface area contributed by atoms with E-state index in [1.807, 2.05) is 68.4 Å². The first-order valence-electron chi connectivity index (χ1n) is 10.1. The smallest absolute Gasteiger partial charge is 0.243 e. The zero-order valence-corrected chi connectivity index (χ0v) is 17.9. The van der Waals surface area contributed by atoms with Gasteiger partial charge in [-0.05, 0) is 35.7 Å². The van der Waals surface area contributed by atoms with Gasteiger partial charge in [0, 0.05) is 5.56 Å². The van der Waals surface area contributed by atoms with Crippen molar-refractivity contribution < 1.29 is 14.3 Å². The average Bonchev–Trinajstić information content (AvgIpc) is 3.25. The van der Waals surface area contributed by atoms with Crippen LogP contribution in [-0.4, -0.2) is 40.1 Å². The van der Waals surface area contributed by atoms with Crippen molar-refractivity contribution in [3.63, 3.8) is 0 Å². The molecule has 0 aliphatic heterocycles. The van der Waals surface area contributed by atoms with Crippen molar-refractivity contribution in [1.29, 1.82) is 0 Å². The van der Waals surface area contributed by atoms with Gasteiger partial charge in [0.15, 0.2) is 5.82 Å². The molecule has 0 aliphatic carbocycles. The van der Waals surface area contributed by atoms with Crippen molar-refractivity contribution in [2.24, 2.45) is 5.92 Å². The summed E-state index contributed by atoms with van der Waals surface area (Å²) in [7, 11) is 1.61. The highest BCUT2D eigenvalue weighted by Crippen LogP contribution is 2.18. The van der Waals surface area contributed by atoms with Crippen LogP contribution in [0.1, 0.15) is 25.2 Å². The first kappa shape index (κ1) is 22.0. The number of H-pyrrole nitrogens is 1. The van der Waals surface area contributed by atoms with Crippen LogP contribution in [-0.2, 0) is 22.6 Å². The second-order valence-corrected chi connectivity index (χ2v) is 7.50. The predicted octanol–water partition coefficient (Wildman–Crippen LogP) is 2.48. The predicted molar refractivity (Wildman–Crippen MR) is 117 cm³/mol. The molecule has 0 bridgehead atoms. The molecule has 1 unspecified atom stereocenters. The molecule has 162 valence electrons. The Kier molecular flexibility index (Phi) is 7.37. The lowest BCUT2D eigenvalue weighted by atomic mass is 10.0. The molecule has 0 aliphatic rings. The zero-order chi connectivity index (χ0) is 22.2. The molecule has 2 aromatic carbocycles. The number of hydrogen-bond acceptors (Lipinski definition) is 5. The topological polar surface area (TPSA) is 109 Å². The third kappa shape index (κ3) is 6.15. The molecule has 1 heterocycles. The molecule has 0 saturated heterocycles. The second-order valence-electron chi connectivity index (χ2n) is 7.50. The molecule has 0 spiro atoms. The Morgan fingerprint density at radius 3 is 2.42 bits per heavy atom. The van der Waals surface area contributed by atoms with Gasteiger partial charge in [0.05, 0.1) is 20.1 Å². The molecule has 3 aromatic rings. The summed E-state index contributed by atoms with van der Waals surface area (Å²) in [4.78, 5) is 29.5. The molecule has 31 heavy (non-hydrogen) atoms. The van der Waals surface area contributed by atoms with E-state index < -0.39 is 6.04 Å². The van der Waals surface area contributed by atoms with Gasteiger partial charge >= 0.3 is 0 Å². The first-order chi connectivity index (χ1) is 15.0. The lowest BCUT2D eigenvalue weighted by Gasteiger charge is -2.21. The van der Waals surface area contributed by atoms with E-state index >= 15 is 0 Å². The van der Waals surface area contributed by atoms with Crippen molar-refractivity contribution in [1.82, 2.24) is 25.8 Å². The van der Waals surface area contributed by atoms with E-state index in [0.717, 1.165) is 16.9 Å². The van der Waals surface area contributed by atoms with Crippen LogP contribution in [0.5, 0.6) is 5.75 Å². The van der Waals surface area contributed by atoms with Crippen LogP contribution in [0.4, 0.5) is 0 Å². The second kappa shape index (κ2) is 10.4. The van der Waals surface area contributed by atoms with Gasteiger partial charge < -0.3 is 15.4 Å². The lowest BCUT2D eigenvalue weighted by Crippen LogP contribution is -2.50. The number of carbonyl (C=O) groups excluding carboxylic acids is 2. The SMILES string of the molecule is COc1ccc(-c2n[nH]c(CNC(=O)C(NC(=O)Cc3ccccc3)C(C)C)n2)cc1. The van der Waals surface area contributed by atoms with Crippen molar-refractivity contribution in [3.8, 4) is 17.1 Å².